The molecule has 0 atom stereocenters. The van der Waals surface area contributed by atoms with Crippen LogP contribution in [0, 0.1) is 11.3 Å². The predicted molar refractivity (Wildman–Crippen MR) is 96.4 cm³/mol. The first-order valence-electron chi connectivity index (χ1n) is 7.57. The average Bonchev–Trinajstić information content (AvgIpc) is 3.10. The van der Waals surface area contributed by atoms with Crippen LogP contribution in [0.2, 0.25) is 0 Å². The number of thioether (sulfide) groups is 1. The highest BCUT2D eigenvalue weighted by Gasteiger charge is 2.17. The van der Waals surface area contributed by atoms with Gasteiger partial charge in [0.25, 0.3) is 0 Å². The molecule has 0 radical (unpaired) electrons. The van der Waals surface area contributed by atoms with Gasteiger partial charge in [0.2, 0.25) is 0 Å². The Hall–Kier alpha value is -3.31. The topological polar surface area (TPSA) is 101 Å². The van der Waals surface area contributed by atoms with Crippen molar-refractivity contribution in [2.75, 3.05) is 12.9 Å². The molecule has 1 N–H and O–H groups in total. The second kappa shape index (κ2) is 7.72. The first-order chi connectivity index (χ1) is 12.6. The number of benzene rings is 2. The van der Waals surface area contributed by atoms with Gasteiger partial charge in [0.05, 0.1) is 30.2 Å². The highest BCUT2D eigenvalue weighted by atomic mass is 32.2. The van der Waals surface area contributed by atoms with Crippen LogP contribution >= 0.6 is 11.8 Å². The molecule has 130 valence electrons. The molecule has 3 aromatic rings. The van der Waals surface area contributed by atoms with Crippen LogP contribution < -0.4 is 4.74 Å². The molecule has 1 heterocycles. The monoisotopic (exact) mass is 366 g/mol. The number of rotatable bonds is 6. The zero-order valence-corrected chi connectivity index (χ0v) is 14.6. The fourth-order valence-electron chi connectivity index (χ4n) is 2.35. The molecule has 0 spiro atoms. The number of hydrogen-bond acceptors (Lipinski definition) is 6. The summed E-state index contributed by atoms with van der Waals surface area (Å²) in [7, 11) is 1.58. The van der Waals surface area contributed by atoms with Crippen LogP contribution in [0.25, 0.3) is 17.1 Å². The van der Waals surface area contributed by atoms with E-state index in [1.807, 2.05) is 24.3 Å². The summed E-state index contributed by atoms with van der Waals surface area (Å²) < 4.78 is 7.05. The Kier molecular flexibility index (Phi) is 5.20. The van der Waals surface area contributed by atoms with Crippen LogP contribution in [0.15, 0.2) is 53.7 Å². The van der Waals surface area contributed by atoms with Crippen LogP contribution in [-0.2, 0) is 4.79 Å². The number of ether oxygens (including phenoxy) is 1. The van der Waals surface area contributed by atoms with Crippen molar-refractivity contribution < 1.29 is 14.6 Å². The fraction of sp³-hybridized carbons (Fsp3) is 0.111. The number of nitrogens with zero attached hydrogens (tertiary/aromatic N) is 4. The maximum atomic E-state index is 10.9. The van der Waals surface area contributed by atoms with E-state index in [4.69, 9.17) is 15.1 Å². The third-order valence-corrected chi connectivity index (χ3v) is 4.46. The van der Waals surface area contributed by atoms with E-state index in [0.29, 0.717) is 22.3 Å². The number of hydrogen-bond donors (Lipinski definition) is 1. The van der Waals surface area contributed by atoms with Gasteiger partial charge >= 0.3 is 5.97 Å². The largest absolute Gasteiger partial charge is 0.497 e. The Morgan fingerprint density at radius 2 is 2.04 bits per heavy atom. The van der Waals surface area contributed by atoms with Crippen LogP contribution in [0.3, 0.4) is 0 Å². The third kappa shape index (κ3) is 3.68. The van der Waals surface area contributed by atoms with E-state index in [0.717, 1.165) is 23.0 Å². The first-order valence-corrected chi connectivity index (χ1v) is 8.56. The Morgan fingerprint density at radius 1 is 1.27 bits per heavy atom. The summed E-state index contributed by atoms with van der Waals surface area (Å²) in [5.41, 5.74) is 2.06. The number of carboxylic acids is 1. The van der Waals surface area contributed by atoms with E-state index >= 15 is 0 Å². The van der Waals surface area contributed by atoms with Gasteiger partial charge in [-0.3, -0.25) is 9.36 Å². The minimum Gasteiger partial charge on any atom is -0.497 e. The molecule has 1 aromatic heterocycles. The molecule has 0 aliphatic rings. The molecule has 0 fully saturated rings. The number of aromatic nitrogens is 3. The van der Waals surface area contributed by atoms with Crippen LogP contribution in [0.4, 0.5) is 0 Å². The van der Waals surface area contributed by atoms with Crippen molar-refractivity contribution in [3.05, 3.63) is 54.1 Å². The molecule has 2 aromatic carbocycles. The smallest absolute Gasteiger partial charge is 0.313 e. The summed E-state index contributed by atoms with van der Waals surface area (Å²) in [4.78, 5) is 10.9. The minimum absolute atomic E-state index is 0.129. The molecule has 0 saturated heterocycles. The normalized spacial score (nSPS) is 10.3. The van der Waals surface area contributed by atoms with Crippen LogP contribution in [-0.4, -0.2) is 38.7 Å². The summed E-state index contributed by atoms with van der Waals surface area (Å²) in [6.45, 7) is 0. The number of methoxy groups -OCH3 is 1. The van der Waals surface area contributed by atoms with Gasteiger partial charge in [-0.05, 0) is 36.4 Å². The number of carbonyl (C=O) groups is 1. The lowest BCUT2D eigenvalue weighted by Gasteiger charge is -2.11. The Labute approximate surface area is 153 Å². The molecule has 0 aliphatic carbocycles. The number of aliphatic carboxylic acids is 1. The zero-order valence-electron chi connectivity index (χ0n) is 13.8. The van der Waals surface area contributed by atoms with Gasteiger partial charge in [0.15, 0.2) is 11.0 Å². The first kappa shape index (κ1) is 17.5. The van der Waals surface area contributed by atoms with E-state index in [1.54, 1.807) is 35.9 Å². The number of nitriles is 1. The second-order valence-electron chi connectivity index (χ2n) is 5.21. The van der Waals surface area contributed by atoms with Crippen LogP contribution in [0.5, 0.6) is 5.75 Å². The van der Waals surface area contributed by atoms with Crippen molar-refractivity contribution in [2.45, 2.75) is 5.16 Å². The van der Waals surface area contributed by atoms with Crippen molar-refractivity contribution in [3.8, 4) is 28.9 Å². The van der Waals surface area contributed by atoms with E-state index < -0.39 is 5.97 Å². The maximum absolute atomic E-state index is 10.9. The van der Waals surface area contributed by atoms with E-state index in [1.165, 1.54) is 0 Å². The van der Waals surface area contributed by atoms with Crippen LogP contribution in [0.1, 0.15) is 5.56 Å². The SMILES string of the molecule is COc1cccc(-n2c(SCC(=O)O)nnc2-c2ccc(C#N)cc2)c1. The van der Waals surface area contributed by atoms with Gasteiger partial charge in [-0.15, -0.1) is 10.2 Å². The maximum Gasteiger partial charge on any atom is 0.313 e. The molecule has 3 rings (SSSR count). The van der Waals surface area contributed by atoms with Gasteiger partial charge < -0.3 is 9.84 Å². The van der Waals surface area contributed by atoms with Gasteiger partial charge in [-0.2, -0.15) is 5.26 Å². The zero-order chi connectivity index (χ0) is 18.5. The quantitative estimate of drug-likeness (QED) is 0.669. The Bertz CT molecular complexity index is 977. The van der Waals surface area contributed by atoms with E-state index in [-0.39, 0.29) is 5.75 Å². The van der Waals surface area contributed by atoms with E-state index in [2.05, 4.69) is 16.3 Å². The highest BCUT2D eigenvalue weighted by Crippen LogP contribution is 2.29. The lowest BCUT2D eigenvalue weighted by Crippen LogP contribution is -2.03. The lowest BCUT2D eigenvalue weighted by molar-refractivity contribution is -0.133. The van der Waals surface area contributed by atoms with Gasteiger partial charge in [0, 0.05) is 11.6 Å². The Morgan fingerprint density at radius 3 is 2.69 bits per heavy atom. The Balaban J connectivity index is 2.11. The summed E-state index contributed by atoms with van der Waals surface area (Å²) in [6, 6.07) is 16.4. The van der Waals surface area contributed by atoms with Crippen molar-refractivity contribution in [1.82, 2.24) is 14.8 Å². The van der Waals surface area contributed by atoms with Crippen molar-refractivity contribution in [3.63, 3.8) is 0 Å². The molecular weight excluding hydrogens is 352 g/mol. The summed E-state index contributed by atoms with van der Waals surface area (Å²) in [6.07, 6.45) is 0. The molecule has 0 saturated carbocycles. The third-order valence-electron chi connectivity index (χ3n) is 3.54. The second-order valence-corrected chi connectivity index (χ2v) is 6.16. The molecular formula is C18H14N4O3S. The molecule has 8 heteroatoms. The molecule has 0 amide bonds. The fourth-order valence-corrected chi connectivity index (χ4v) is 3.02. The molecule has 26 heavy (non-hydrogen) atoms. The summed E-state index contributed by atoms with van der Waals surface area (Å²) >= 11 is 1.08. The summed E-state index contributed by atoms with van der Waals surface area (Å²) in [5, 5.41) is 26.8. The average molecular weight is 366 g/mol. The van der Waals surface area contributed by atoms with Gasteiger partial charge in [0.1, 0.15) is 5.75 Å². The summed E-state index contributed by atoms with van der Waals surface area (Å²) in [5.74, 6) is 0.150. The molecule has 0 unspecified atom stereocenters. The van der Waals surface area contributed by atoms with Gasteiger partial charge in [-0.25, -0.2) is 0 Å². The van der Waals surface area contributed by atoms with Crippen molar-refractivity contribution in [2.24, 2.45) is 0 Å². The minimum atomic E-state index is -0.935. The molecule has 0 bridgehead atoms. The van der Waals surface area contributed by atoms with Gasteiger partial charge in [-0.1, -0.05) is 17.8 Å². The standard InChI is InChI=1S/C18H14N4O3S/c1-25-15-4-2-3-14(9-15)22-17(13-7-5-12(10-19)6-8-13)20-21-18(22)26-11-16(23)24/h2-9H,11H2,1H3,(H,23,24). The molecule has 0 aliphatic heterocycles. The van der Waals surface area contributed by atoms with E-state index in [9.17, 15) is 4.79 Å². The van der Waals surface area contributed by atoms with Crippen molar-refractivity contribution >= 4 is 17.7 Å². The predicted octanol–water partition coefficient (Wildman–Crippen LogP) is 2.99. The highest BCUT2D eigenvalue weighted by molar-refractivity contribution is 7.99. The van der Waals surface area contributed by atoms with Crippen molar-refractivity contribution in [1.29, 1.82) is 5.26 Å². The number of carboxylic acid groups (broad SMARTS) is 1. The molecule has 7 nitrogen and oxygen atoms in total. The lowest BCUT2D eigenvalue weighted by atomic mass is 10.1.